The van der Waals surface area contributed by atoms with Crippen LogP contribution in [0.3, 0.4) is 0 Å². The second kappa shape index (κ2) is 33.6. The number of nitrogens with two attached hydrogens (primary N) is 1. The highest BCUT2D eigenvalue weighted by atomic mass is 32.2. The number of aromatic amines is 1. The predicted octanol–water partition coefficient (Wildman–Crippen LogP) is 3.66. The SMILES string of the molecule is CN[C@]1(C)CSCCCCCCCSC[C@@](C)(C(C)=O)NN[C@@H](CC(C)C)C(=O)N[C@@H](CCC(N)=O)C(=O)CN[C@@H](C)C(=O)CC(=O)[C@H](Cc2c[nH]c3ccccc23)NC(=O)[C@H](Cc2ccc(O)cc2)NCN[C@@H](C)C(=O)CC1=O. The summed E-state index contributed by atoms with van der Waals surface area (Å²) in [5.74, 6) is -1.62. The van der Waals surface area contributed by atoms with Crippen LogP contribution < -0.4 is 48.5 Å². The van der Waals surface area contributed by atoms with Crippen molar-refractivity contribution in [1.29, 1.82) is 0 Å². The maximum Gasteiger partial charge on any atom is 0.239 e. The van der Waals surface area contributed by atoms with E-state index in [1.165, 1.54) is 26.0 Å². The van der Waals surface area contributed by atoms with Gasteiger partial charge in [0.05, 0.1) is 60.7 Å². The van der Waals surface area contributed by atoms with Crippen molar-refractivity contribution >= 4 is 86.8 Å². The highest BCUT2D eigenvalue weighted by molar-refractivity contribution is 7.99. The molecule has 12 N–H and O–H groups in total. The molecule has 0 spiro atoms. The molecule has 3 aromatic rings. The number of hydrogen-bond donors (Lipinski definition) is 11. The molecule has 1 aliphatic rings. The lowest BCUT2D eigenvalue weighted by Gasteiger charge is -2.32. The van der Waals surface area contributed by atoms with E-state index in [1.54, 1.807) is 69.7 Å². The summed E-state index contributed by atoms with van der Waals surface area (Å²) in [5, 5.41) is 28.8. The number of aromatic hydroxyl groups is 1. The summed E-state index contributed by atoms with van der Waals surface area (Å²) in [6.45, 7) is 11.6. The number of benzene rings is 2. The largest absolute Gasteiger partial charge is 0.508 e. The fourth-order valence-corrected chi connectivity index (χ4v) is 11.4. The van der Waals surface area contributed by atoms with Gasteiger partial charge in [-0.25, -0.2) is 10.9 Å². The van der Waals surface area contributed by atoms with Gasteiger partial charge in [0.2, 0.25) is 17.7 Å². The van der Waals surface area contributed by atoms with Gasteiger partial charge in [-0.05, 0) is 121 Å². The van der Waals surface area contributed by atoms with Gasteiger partial charge in [0.1, 0.15) is 11.8 Å². The number of phenols is 1. The van der Waals surface area contributed by atoms with Gasteiger partial charge in [0, 0.05) is 48.1 Å². The number of fused-ring (bicyclic) bond motifs is 1. The van der Waals surface area contributed by atoms with Crippen molar-refractivity contribution < 1.29 is 48.3 Å². The van der Waals surface area contributed by atoms with Crippen LogP contribution in [0.2, 0.25) is 0 Å². The van der Waals surface area contributed by atoms with Crippen LogP contribution in [-0.4, -0.2) is 153 Å². The van der Waals surface area contributed by atoms with E-state index in [4.69, 9.17) is 5.73 Å². The summed E-state index contributed by atoms with van der Waals surface area (Å²) < 4.78 is 0. The zero-order valence-corrected chi connectivity index (χ0v) is 49.6. The topological polar surface area (TPSA) is 312 Å². The highest BCUT2D eigenvalue weighted by Crippen LogP contribution is 2.23. The third-order valence-electron chi connectivity index (χ3n) is 14.7. The van der Waals surface area contributed by atoms with Crippen molar-refractivity contribution in [3.8, 4) is 5.75 Å². The first kappa shape index (κ1) is 67.2. The number of phenolic OH excluding ortho intramolecular Hbond substituents is 1. The van der Waals surface area contributed by atoms with Gasteiger partial charge in [-0.3, -0.25) is 53.8 Å². The average Bonchev–Trinajstić information content (AvgIpc) is 3.87. The molecule has 20 nitrogen and oxygen atoms in total. The van der Waals surface area contributed by atoms with Gasteiger partial charge in [0.25, 0.3) is 0 Å². The number of nitrogens with one attached hydrogen (secondary N) is 9. The number of para-hydroxylation sites is 1. The number of rotatable bonds is 11. The molecule has 1 aromatic heterocycles. The lowest BCUT2D eigenvalue weighted by molar-refractivity contribution is -0.133. The van der Waals surface area contributed by atoms with Crippen molar-refractivity contribution in [1.82, 2.24) is 47.7 Å². The lowest BCUT2D eigenvalue weighted by Crippen LogP contribution is -2.62. The Balaban J connectivity index is 1.61. The Kier molecular flexibility index (Phi) is 28.2. The molecule has 4 rings (SSSR count). The standard InChI is InChI=1S/C58H88N10O10S2/c1-36(2)26-48-56(78)65-45(22-23-54(59)76)52(74)32-61-37(3)49(71)29-51(73)46(28-41-31-62-44-17-13-12-16-43(41)44)66-55(77)47(27-40-18-20-42(70)21-19-40)64-35-63-38(4)50(72)30-53(75)58(7,60-8)34-80-25-15-11-9-10-14-24-79-33-57(6,39(5)69)68-67-48/h12-13,16-21,31,36-38,45-48,60-64,67-68,70H,9-11,14-15,22-30,32-35H2,1-8H3,(H2,59,76)(H,65,78)(H,66,77)/t37-,38-,45-,46-,47-,48-,57-,58+/m0/s1. The highest BCUT2D eigenvalue weighted by Gasteiger charge is 2.36. The Morgan fingerprint density at radius 2 is 1.35 bits per heavy atom. The molecule has 8 atom stereocenters. The van der Waals surface area contributed by atoms with Gasteiger partial charge >= 0.3 is 0 Å². The molecular formula is C58H88N10O10S2. The molecular weight excluding hydrogens is 1060 g/mol. The number of primary amides is 1. The molecule has 0 unspecified atom stereocenters. The Hall–Kier alpha value is -5.33. The quantitative estimate of drug-likeness (QED) is 0.122. The van der Waals surface area contributed by atoms with E-state index in [0.29, 0.717) is 29.1 Å². The van der Waals surface area contributed by atoms with Crippen LogP contribution in [0.25, 0.3) is 10.9 Å². The maximum absolute atomic E-state index is 14.5. The molecule has 1 aliphatic heterocycles. The van der Waals surface area contributed by atoms with E-state index in [-0.39, 0.29) is 67.8 Å². The Bertz CT molecular complexity index is 2560. The summed E-state index contributed by atoms with van der Waals surface area (Å²) in [7, 11) is 1.71. The minimum atomic E-state index is -1.22. The van der Waals surface area contributed by atoms with Crippen LogP contribution in [-0.2, 0) is 56.0 Å². The van der Waals surface area contributed by atoms with E-state index in [9.17, 15) is 48.3 Å². The lowest BCUT2D eigenvalue weighted by atomic mass is 9.93. The van der Waals surface area contributed by atoms with E-state index in [0.717, 1.165) is 54.5 Å². The first-order chi connectivity index (χ1) is 37.9. The van der Waals surface area contributed by atoms with Crippen molar-refractivity contribution in [3.05, 3.63) is 65.9 Å². The molecule has 3 amide bonds. The van der Waals surface area contributed by atoms with Crippen molar-refractivity contribution in [3.63, 3.8) is 0 Å². The monoisotopic (exact) mass is 1150 g/mol. The Morgan fingerprint density at radius 1 is 0.738 bits per heavy atom. The minimum Gasteiger partial charge on any atom is -0.508 e. The fourth-order valence-electron chi connectivity index (χ4n) is 8.89. The molecule has 442 valence electrons. The number of Topliss-reactive ketones (excluding diaryl/α,β-unsaturated/α-hetero) is 6. The van der Waals surface area contributed by atoms with E-state index >= 15 is 0 Å². The van der Waals surface area contributed by atoms with E-state index < -0.39 is 95.4 Å². The van der Waals surface area contributed by atoms with Crippen LogP contribution in [0, 0.1) is 5.92 Å². The molecule has 2 aromatic carbocycles. The number of aromatic nitrogens is 1. The second-order valence-corrected chi connectivity index (χ2v) is 24.2. The predicted molar refractivity (Wildman–Crippen MR) is 316 cm³/mol. The number of hydrazine groups is 1. The van der Waals surface area contributed by atoms with Crippen LogP contribution >= 0.6 is 23.5 Å². The fraction of sp³-hybridized carbons (Fsp3) is 0.603. The summed E-state index contributed by atoms with van der Waals surface area (Å²) in [4.78, 5) is 126. The van der Waals surface area contributed by atoms with E-state index in [1.807, 2.05) is 38.1 Å². The van der Waals surface area contributed by atoms with Crippen molar-refractivity contribution in [2.24, 2.45) is 11.7 Å². The third-order valence-corrected chi connectivity index (χ3v) is 17.4. The molecule has 0 bridgehead atoms. The normalized spacial score (nSPS) is 26.8. The number of ketones is 6. The molecule has 0 saturated carbocycles. The van der Waals surface area contributed by atoms with E-state index in [2.05, 4.69) is 47.7 Å². The van der Waals surface area contributed by atoms with Gasteiger partial charge < -0.3 is 37.1 Å². The van der Waals surface area contributed by atoms with Crippen LogP contribution in [0.5, 0.6) is 5.75 Å². The number of carbonyl (C=O) groups is 9. The molecule has 1 fully saturated rings. The first-order valence-corrected chi connectivity index (χ1v) is 30.2. The molecule has 1 saturated heterocycles. The maximum atomic E-state index is 14.5. The van der Waals surface area contributed by atoms with Crippen LogP contribution in [0.1, 0.15) is 124 Å². The molecule has 2 heterocycles. The van der Waals surface area contributed by atoms with Crippen LogP contribution in [0.4, 0.5) is 0 Å². The average molecular weight is 1150 g/mol. The number of carbonyl (C=O) groups excluding carboxylic acids is 9. The Morgan fingerprint density at radius 3 is 2.00 bits per heavy atom. The summed E-state index contributed by atoms with van der Waals surface area (Å²) in [5.41, 5.74) is 11.9. The number of amides is 3. The number of thioether (sulfide) groups is 2. The number of H-pyrrole nitrogens is 1. The van der Waals surface area contributed by atoms with Gasteiger partial charge in [-0.1, -0.05) is 63.4 Å². The number of hydrogen-bond acceptors (Lipinski definition) is 18. The molecule has 0 aliphatic carbocycles. The third kappa shape index (κ3) is 22.2. The zero-order chi connectivity index (χ0) is 59.0. The van der Waals surface area contributed by atoms with Gasteiger partial charge in [0.15, 0.2) is 34.7 Å². The summed E-state index contributed by atoms with van der Waals surface area (Å²) in [6.07, 6.45) is 5.84. The summed E-state index contributed by atoms with van der Waals surface area (Å²) in [6, 6.07) is 7.61. The van der Waals surface area contributed by atoms with Gasteiger partial charge in [-0.15, -0.1) is 0 Å². The smallest absolute Gasteiger partial charge is 0.239 e. The van der Waals surface area contributed by atoms with Crippen molar-refractivity contribution in [2.45, 2.75) is 173 Å². The molecule has 22 heteroatoms. The van der Waals surface area contributed by atoms with Gasteiger partial charge in [-0.2, -0.15) is 23.5 Å². The minimum absolute atomic E-state index is 0.00628. The molecule has 80 heavy (non-hydrogen) atoms. The number of likely N-dealkylation sites (N-methyl/N-ethyl adjacent to an activating group) is 1. The second-order valence-electron chi connectivity index (χ2n) is 22.0. The molecule has 0 radical (unpaired) electrons. The van der Waals surface area contributed by atoms with Crippen LogP contribution in [0.15, 0.2) is 54.7 Å². The van der Waals surface area contributed by atoms with Crippen molar-refractivity contribution in [2.75, 3.05) is 43.3 Å². The summed E-state index contributed by atoms with van der Waals surface area (Å²) >= 11 is 3.29. The first-order valence-electron chi connectivity index (χ1n) is 27.9. The zero-order valence-electron chi connectivity index (χ0n) is 48.0. The Labute approximate surface area is 480 Å².